The highest BCUT2D eigenvalue weighted by Crippen LogP contribution is 2.58. The molecule has 0 radical (unpaired) electrons. The van der Waals surface area contributed by atoms with Gasteiger partial charge in [0.25, 0.3) is 0 Å². The number of likely N-dealkylation sites (N-methyl/N-ethyl adjacent to an activating group) is 1. The van der Waals surface area contributed by atoms with E-state index in [0.717, 1.165) is 25.2 Å². The molecule has 0 bridgehead atoms. The Morgan fingerprint density at radius 2 is 2.26 bits per heavy atom. The van der Waals surface area contributed by atoms with Crippen LogP contribution in [0.5, 0.6) is 0 Å². The molecular formula is C13H24ClN5. The van der Waals surface area contributed by atoms with E-state index in [0.29, 0.717) is 16.4 Å². The third kappa shape index (κ3) is 3.11. The molecule has 6 heteroatoms. The first kappa shape index (κ1) is 14.8. The van der Waals surface area contributed by atoms with E-state index in [-0.39, 0.29) is 6.04 Å². The Hall–Kier alpha value is -0.620. The molecule has 0 aliphatic heterocycles. The minimum atomic E-state index is 0.0761. The van der Waals surface area contributed by atoms with E-state index in [1.54, 1.807) is 6.20 Å². The molecule has 3 N–H and O–H groups in total. The van der Waals surface area contributed by atoms with Gasteiger partial charge in [-0.1, -0.05) is 25.4 Å². The molecule has 19 heavy (non-hydrogen) atoms. The van der Waals surface area contributed by atoms with Gasteiger partial charge in [-0.3, -0.25) is 16.0 Å². The number of hydrogen-bond acceptors (Lipinski definition) is 4. The van der Waals surface area contributed by atoms with Gasteiger partial charge in [0.15, 0.2) is 0 Å². The molecule has 2 atom stereocenters. The van der Waals surface area contributed by atoms with Gasteiger partial charge in [-0.2, -0.15) is 5.10 Å². The summed E-state index contributed by atoms with van der Waals surface area (Å²) in [6.07, 6.45) is 2.88. The Kier molecular flexibility index (Phi) is 4.20. The Bertz CT molecular complexity index is 440. The Labute approximate surface area is 120 Å². The van der Waals surface area contributed by atoms with Gasteiger partial charge in [-0.15, -0.1) is 0 Å². The first-order valence-electron chi connectivity index (χ1n) is 6.69. The first-order chi connectivity index (χ1) is 8.86. The molecule has 1 aliphatic rings. The monoisotopic (exact) mass is 285 g/mol. The van der Waals surface area contributed by atoms with Crippen LogP contribution in [0.3, 0.4) is 0 Å². The van der Waals surface area contributed by atoms with Gasteiger partial charge in [0.05, 0.1) is 29.5 Å². The SMILES string of the molecule is CN(C)CCn1ncc(Cl)c1C(NN)C1CC1(C)C. The van der Waals surface area contributed by atoms with Gasteiger partial charge < -0.3 is 4.90 Å². The van der Waals surface area contributed by atoms with E-state index in [1.165, 1.54) is 0 Å². The normalized spacial score (nSPS) is 22.8. The molecule has 2 rings (SSSR count). The maximum absolute atomic E-state index is 6.31. The van der Waals surface area contributed by atoms with Crippen molar-refractivity contribution >= 4 is 11.6 Å². The van der Waals surface area contributed by atoms with Crippen LogP contribution in [0, 0.1) is 11.3 Å². The number of halogens is 1. The van der Waals surface area contributed by atoms with Crippen LogP contribution in [0.2, 0.25) is 5.02 Å². The van der Waals surface area contributed by atoms with Crippen molar-refractivity contribution in [2.24, 2.45) is 17.2 Å². The lowest BCUT2D eigenvalue weighted by atomic mass is 10.0. The van der Waals surface area contributed by atoms with Crippen molar-refractivity contribution in [2.75, 3.05) is 20.6 Å². The predicted molar refractivity (Wildman–Crippen MR) is 77.7 cm³/mol. The molecule has 1 fully saturated rings. The molecule has 1 aromatic rings. The van der Waals surface area contributed by atoms with Crippen LogP contribution >= 0.6 is 11.6 Å². The van der Waals surface area contributed by atoms with E-state index in [1.807, 2.05) is 18.8 Å². The molecule has 1 saturated carbocycles. The molecule has 0 aromatic carbocycles. The van der Waals surface area contributed by atoms with Crippen LogP contribution < -0.4 is 11.3 Å². The van der Waals surface area contributed by atoms with Crippen LogP contribution in [-0.4, -0.2) is 35.3 Å². The fourth-order valence-corrected chi connectivity index (χ4v) is 2.88. The van der Waals surface area contributed by atoms with Crippen molar-refractivity contribution in [3.63, 3.8) is 0 Å². The van der Waals surface area contributed by atoms with Gasteiger partial charge in [-0.25, -0.2) is 0 Å². The van der Waals surface area contributed by atoms with Crippen LogP contribution in [-0.2, 0) is 6.54 Å². The number of nitrogens with one attached hydrogen (secondary N) is 1. The molecular weight excluding hydrogens is 262 g/mol. The van der Waals surface area contributed by atoms with Gasteiger partial charge in [0.2, 0.25) is 0 Å². The number of aromatic nitrogens is 2. The van der Waals surface area contributed by atoms with E-state index < -0.39 is 0 Å². The molecule has 0 amide bonds. The second kappa shape index (κ2) is 5.40. The van der Waals surface area contributed by atoms with E-state index in [4.69, 9.17) is 17.4 Å². The van der Waals surface area contributed by atoms with Gasteiger partial charge >= 0.3 is 0 Å². The van der Waals surface area contributed by atoms with Crippen LogP contribution in [0.1, 0.15) is 32.0 Å². The van der Waals surface area contributed by atoms with Crippen LogP contribution in [0.4, 0.5) is 0 Å². The maximum atomic E-state index is 6.31. The summed E-state index contributed by atoms with van der Waals surface area (Å²) in [7, 11) is 4.10. The van der Waals surface area contributed by atoms with Crippen molar-refractivity contribution in [1.82, 2.24) is 20.1 Å². The molecule has 0 spiro atoms. The molecule has 1 heterocycles. The summed E-state index contributed by atoms with van der Waals surface area (Å²) < 4.78 is 1.97. The smallest absolute Gasteiger partial charge is 0.0834 e. The molecule has 2 unspecified atom stereocenters. The summed E-state index contributed by atoms with van der Waals surface area (Å²) in [6.45, 7) is 6.27. The Morgan fingerprint density at radius 1 is 1.63 bits per heavy atom. The Morgan fingerprint density at radius 3 is 2.74 bits per heavy atom. The van der Waals surface area contributed by atoms with Crippen molar-refractivity contribution in [3.8, 4) is 0 Å². The first-order valence-corrected chi connectivity index (χ1v) is 7.06. The molecule has 0 saturated heterocycles. The zero-order valence-corrected chi connectivity index (χ0v) is 12.9. The summed E-state index contributed by atoms with van der Waals surface area (Å²) in [5.41, 5.74) is 4.28. The fraction of sp³-hybridized carbons (Fsp3) is 0.769. The predicted octanol–water partition coefficient (Wildman–Crippen LogP) is 1.65. The molecule has 1 aromatic heterocycles. The zero-order chi connectivity index (χ0) is 14.2. The number of rotatable bonds is 6. The zero-order valence-electron chi connectivity index (χ0n) is 12.2. The van der Waals surface area contributed by atoms with Gasteiger partial charge in [-0.05, 0) is 31.8 Å². The number of nitrogens with two attached hydrogens (primary N) is 1. The molecule has 1 aliphatic carbocycles. The van der Waals surface area contributed by atoms with Crippen molar-refractivity contribution in [3.05, 3.63) is 16.9 Å². The van der Waals surface area contributed by atoms with Gasteiger partial charge in [0, 0.05) is 6.54 Å². The lowest BCUT2D eigenvalue weighted by Crippen LogP contribution is -2.33. The average Bonchev–Trinajstić information content (AvgIpc) is 2.78. The fourth-order valence-electron chi connectivity index (χ4n) is 2.62. The summed E-state index contributed by atoms with van der Waals surface area (Å²) in [6, 6.07) is 0.0761. The quantitative estimate of drug-likeness (QED) is 0.616. The second-order valence-corrected chi connectivity index (χ2v) is 6.75. The number of hydrogen-bond donors (Lipinski definition) is 2. The van der Waals surface area contributed by atoms with Crippen molar-refractivity contribution in [2.45, 2.75) is 32.9 Å². The second-order valence-electron chi connectivity index (χ2n) is 6.35. The van der Waals surface area contributed by atoms with Crippen LogP contribution in [0.25, 0.3) is 0 Å². The van der Waals surface area contributed by atoms with Crippen molar-refractivity contribution in [1.29, 1.82) is 0 Å². The van der Waals surface area contributed by atoms with E-state index in [9.17, 15) is 0 Å². The highest BCUT2D eigenvalue weighted by atomic mass is 35.5. The topological polar surface area (TPSA) is 59.1 Å². The highest BCUT2D eigenvalue weighted by molar-refractivity contribution is 6.31. The van der Waals surface area contributed by atoms with Gasteiger partial charge in [0.1, 0.15) is 0 Å². The summed E-state index contributed by atoms with van der Waals surface area (Å²) in [5.74, 6) is 6.28. The third-order valence-electron chi connectivity index (χ3n) is 4.06. The van der Waals surface area contributed by atoms with E-state index in [2.05, 4.69) is 29.3 Å². The molecule has 108 valence electrons. The third-order valence-corrected chi connectivity index (χ3v) is 4.35. The lowest BCUT2D eigenvalue weighted by molar-refractivity contribution is 0.349. The highest BCUT2D eigenvalue weighted by Gasteiger charge is 2.51. The minimum absolute atomic E-state index is 0.0761. The maximum Gasteiger partial charge on any atom is 0.0834 e. The van der Waals surface area contributed by atoms with Crippen molar-refractivity contribution < 1.29 is 0 Å². The summed E-state index contributed by atoms with van der Waals surface area (Å²) in [4.78, 5) is 2.13. The van der Waals surface area contributed by atoms with Crippen LogP contribution in [0.15, 0.2) is 6.20 Å². The minimum Gasteiger partial charge on any atom is -0.308 e. The lowest BCUT2D eigenvalue weighted by Gasteiger charge is -2.21. The largest absolute Gasteiger partial charge is 0.308 e. The number of hydrazine groups is 1. The molecule has 5 nitrogen and oxygen atoms in total. The average molecular weight is 286 g/mol. The van der Waals surface area contributed by atoms with E-state index >= 15 is 0 Å². The summed E-state index contributed by atoms with van der Waals surface area (Å²) >= 11 is 6.31. The number of nitrogens with zero attached hydrogens (tertiary/aromatic N) is 3. The standard InChI is InChI=1S/C13H24ClN5/c1-13(2)7-9(13)11(17-15)12-10(14)8-16-19(12)6-5-18(3)4/h8-9,11,17H,5-7,15H2,1-4H3. The Balaban J connectivity index is 2.20. The summed E-state index contributed by atoms with van der Waals surface area (Å²) in [5, 5.41) is 5.08.